The number of hydrogen-bond acceptors (Lipinski definition) is 5. The van der Waals surface area contributed by atoms with Gasteiger partial charge in [0.1, 0.15) is 5.75 Å². The van der Waals surface area contributed by atoms with Gasteiger partial charge in [0.25, 0.3) is 6.29 Å². The summed E-state index contributed by atoms with van der Waals surface area (Å²) in [4.78, 5) is 23.2. The van der Waals surface area contributed by atoms with Crippen LogP contribution in [0.2, 0.25) is 0 Å². The van der Waals surface area contributed by atoms with Crippen molar-refractivity contribution < 1.29 is 28.9 Å². The number of carbonyl (C=O) groups is 2. The molecule has 1 N–H and O–H groups in total. The highest BCUT2D eigenvalue weighted by molar-refractivity contribution is 5.91. The summed E-state index contributed by atoms with van der Waals surface area (Å²) in [6, 6.07) is 7.35. The summed E-state index contributed by atoms with van der Waals surface area (Å²) in [6.45, 7) is 3.81. The summed E-state index contributed by atoms with van der Waals surface area (Å²) >= 11 is 0. The van der Waals surface area contributed by atoms with Crippen LogP contribution in [-0.4, -0.2) is 29.9 Å². The first-order valence-corrected chi connectivity index (χ1v) is 7.68. The van der Waals surface area contributed by atoms with E-state index in [9.17, 15) is 14.7 Å². The van der Waals surface area contributed by atoms with Crippen molar-refractivity contribution in [1.29, 1.82) is 0 Å². The van der Waals surface area contributed by atoms with Crippen LogP contribution in [0.25, 0.3) is 0 Å². The van der Waals surface area contributed by atoms with E-state index in [1.165, 1.54) is 6.26 Å². The number of hydrogen-bond donors (Lipinski definition) is 1. The highest BCUT2D eigenvalue weighted by Crippen LogP contribution is 2.38. The first kappa shape index (κ1) is 16.1. The number of ether oxygens (including phenoxy) is 3. The lowest BCUT2D eigenvalue weighted by atomic mass is 9.87. The van der Waals surface area contributed by atoms with Crippen molar-refractivity contribution in [1.82, 2.24) is 0 Å². The highest BCUT2D eigenvalue weighted by Gasteiger charge is 2.32. The maximum Gasteiger partial charge on any atom is 0.337 e. The quantitative estimate of drug-likeness (QED) is 0.519. The molecule has 3 rings (SSSR count). The molecule has 0 saturated carbocycles. The molecule has 24 heavy (non-hydrogen) atoms. The minimum atomic E-state index is -1.07. The van der Waals surface area contributed by atoms with E-state index in [0.717, 1.165) is 5.56 Å². The highest BCUT2D eigenvalue weighted by atomic mass is 16.7. The lowest BCUT2D eigenvalue weighted by molar-refractivity contribution is -0.153. The Kier molecular flexibility index (Phi) is 4.29. The molecule has 0 aromatic heterocycles. The van der Waals surface area contributed by atoms with Gasteiger partial charge in [0.05, 0.1) is 18.4 Å². The number of esters is 1. The Morgan fingerprint density at radius 1 is 1.33 bits per heavy atom. The molecule has 2 heterocycles. The molecule has 1 aromatic rings. The predicted molar refractivity (Wildman–Crippen MR) is 84.4 cm³/mol. The Balaban J connectivity index is 1.87. The van der Waals surface area contributed by atoms with E-state index in [0.29, 0.717) is 29.9 Å². The second kappa shape index (κ2) is 6.39. The van der Waals surface area contributed by atoms with Gasteiger partial charge < -0.3 is 19.3 Å². The smallest absolute Gasteiger partial charge is 0.337 e. The zero-order valence-electron chi connectivity index (χ0n) is 13.4. The number of carbonyl (C=O) groups excluding carboxylic acids is 1. The van der Waals surface area contributed by atoms with E-state index in [4.69, 9.17) is 14.2 Å². The normalized spacial score (nSPS) is 23.4. The van der Waals surface area contributed by atoms with Crippen molar-refractivity contribution >= 4 is 11.9 Å². The maximum absolute atomic E-state index is 11.7. The van der Waals surface area contributed by atoms with Gasteiger partial charge in [-0.1, -0.05) is 18.2 Å². The van der Waals surface area contributed by atoms with Crippen LogP contribution in [0.1, 0.15) is 31.7 Å². The molecular weight excluding hydrogens is 312 g/mol. The van der Waals surface area contributed by atoms with Gasteiger partial charge in [-0.15, -0.1) is 0 Å². The molecule has 2 aliphatic rings. The second-order valence-corrected chi connectivity index (χ2v) is 5.79. The van der Waals surface area contributed by atoms with E-state index in [1.54, 1.807) is 13.8 Å². The van der Waals surface area contributed by atoms with Gasteiger partial charge in [-0.05, 0) is 26.3 Å². The second-order valence-electron chi connectivity index (χ2n) is 5.79. The van der Waals surface area contributed by atoms with Crippen molar-refractivity contribution in [2.45, 2.75) is 32.5 Å². The van der Waals surface area contributed by atoms with Gasteiger partial charge in [0, 0.05) is 22.6 Å². The fraction of sp³-hybridized carbons (Fsp3) is 0.333. The van der Waals surface area contributed by atoms with E-state index in [1.807, 2.05) is 24.3 Å². The number of fused-ring (bicyclic) bond motifs is 1. The number of rotatable bonds is 4. The fourth-order valence-corrected chi connectivity index (χ4v) is 2.82. The first-order chi connectivity index (χ1) is 11.5. The molecule has 2 unspecified atom stereocenters. The molecule has 0 fully saturated rings. The van der Waals surface area contributed by atoms with Crippen molar-refractivity contribution in [2.75, 3.05) is 6.61 Å². The van der Waals surface area contributed by atoms with E-state index < -0.39 is 18.2 Å². The standard InChI is InChI=1S/C18H18O6/c1-10-11(2)18(24-17(10)21)23-9-14(16(19)20)12-7-8-22-15-6-4-3-5-13(12)15/h3-6,9,12,18H,7-8H2,1-2H3,(H,19,20)/b14-9+. The van der Waals surface area contributed by atoms with Crippen LogP contribution < -0.4 is 4.74 Å². The molecule has 6 nitrogen and oxygen atoms in total. The summed E-state index contributed by atoms with van der Waals surface area (Å²) in [5.74, 6) is -1.17. The molecule has 6 heteroatoms. The molecular formula is C18H18O6. The zero-order valence-corrected chi connectivity index (χ0v) is 13.4. The van der Waals surface area contributed by atoms with Crippen LogP contribution >= 0.6 is 0 Å². The lowest BCUT2D eigenvalue weighted by Gasteiger charge is -2.26. The van der Waals surface area contributed by atoms with E-state index >= 15 is 0 Å². The van der Waals surface area contributed by atoms with Crippen LogP contribution in [0, 0.1) is 0 Å². The van der Waals surface area contributed by atoms with Gasteiger partial charge >= 0.3 is 11.9 Å². The average molecular weight is 330 g/mol. The summed E-state index contributed by atoms with van der Waals surface area (Å²) in [7, 11) is 0. The average Bonchev–Trinajstić information content (AvgIpc) is 2.82. The molecule has 0 amide bonds. The lowest BCUT2D eigenvalue weighted by Crippen LogP contribution is -2.21. The summed E-state index contributed by atoms with van der Waals surface area (Å²) in [5.41, 5.74) is 2.06. The van der Waals surface area contributed by atoms with Gasteiger partial charge in [0.2, 0.25) is 0 Å². The minimum absolute atomic E-state index is 0.110. The summed E-state index contributed by atoms with van der Waals surface area (Å²) < 4.78 is 16.1. The third-order valence-corrected chi connectivity index (χ3v) is 4.36. The number of carboxylic acids is 1. The maximum atomic E-state index is 11.7. The van der Waals surface area contributed by atoms with Gasteiger partial charge in [-0.3, -0.25) is 0 Å². The number of aliphatic carboxylic acids is 1. The topological polar surface area (TPSA) is 82.1 Å². The molecule has 0 radical (unpaired) electrons. The van der Waals surface area contributed by atoms with Gasteiger partial charge in [-0.2, -0.15) is 0 Å². The Morgan fingerprint density at radius 2 is 2.08 bits per heavy atom. The molecule has 0 spiro atoms. The summed E-state index contributed by atoms with van der Waals surface area (Å²) in [5, 5.41) is 9.59. The van der Waals surface area contributed by atoms with Crippen LogP contribution in [0.3, 0.4) is 0 Å². The monoisotopic (exact) mass is 330 g/mol. The third-order valence-electron chi connectivity index (χ3n) is 4.36. The summed E-state index contributed by atoms with van der Waals surface area (Å²) in [6.07, 6.45) is 0.855. The van der Waals surface area contributed by atoms with Crippen LogP contribution in [0.5, 0.6) is 5.75 Å². The Labute approximate surface area is 139 Å². The van der Waals surface area contributed by atoms with E-state index in [-0.39, 0.29) is 11.5 Å². The van der Waals surface area contributed by atoms with Crippen molar-refractivity contribution in [3.63, 3.8) is 0 Å². The molecule has 0 aliphatic carbocycles. The number of para-hydroxylation sites is 1. The SMILES string of the molecule is CC1=C(C)C(O/C=C(/C(=O)O)C2CCOc3ccccc32)OC1=O. The predicted octanol–water partition coefficient (Wildman–Crippen LogP) is 2.76. The third kappa shape index (κ3) is 2.87. The number of cyclic esters (lactones) is 1. The first-order valence-electron chi connectivity index (χ1n) is 7.68. The van der Waals surface area contributed by atoms with Crippen LogP contribution in [0.15, 0.2) is 47.2 Å². The van der Waals surface area contributed by atoms with Crippen molar-refractivity contribution in [3.05, 3.63) is 52.8 Å². The van der Waals surface area contributed by atoms with E-state index in [2.05, 4.69) is 0 Å². The Hall–Kier alpha value is -2.76. The largest absolute Gasteiger partial charge is 0.493 e. The Morgan fingerprint density at radius 3 is 2.75 bits per heavy atom. The van der Waals surface area contributed by atoms with Crippen molar-refractivity contribution in [2.24, 2.45) is 0 Å². The number of benzene rings is 1. The zero-order chi connectivity index (χ0) is 17.3. The van der Waals surface area contributed by atoms with Crippen LogP contribution in [-0.2, 0) is 19.1 Å². The minimum Gasteiger partial charge on any atom is -0.493 e. The molecule has 0 bridgehead atoms. The molecule has 0 saturated heterocycles. The molecule has 1 aromatic carbocycles. The van der Waals surface area contributed by atoms with Gasteiger partial charge in [0.15, 0.2) is 0 Å². The molecule has 2 atom stereocenters. The molecule has 126 valence electrons. The van der Waals surface area contributed by atoms with Crippen molar-refractivity contribution in [3.8, 4) is 5.75 Å². The fourth-order valence-electron chi connectivity index (χ4n) is 2.82. The molecule has 2 aliphatic heterocycles. The Bertz CT molecular complexity index is 746. The van der Waals surface area contributed by atoms with Gasteiger partial charge in [-0.25, -0.2) is 9.59 Å². The van der Waals surface area contributed by atoms with Crippen LogP contribution in [0.4, 0.5) is 0 Å². The number of carboxylic acid groups (broad SMARTS) is 1.